The molecule has 0 amide bonds. The number of ether oxygens (including phenoxy) is 4. The fourth-order valence-electron chi connectivity index (χ4n) is 2.95. The van der Waals surface area contributed by atoms with Crippen molar-refractivity contribution in [1.82, 2.24) is 0 Å². The Balaban J connectivity index is 2.13. The number of hydrogen-bond donors (Lipinski definition) is 5. The van der Waals surface area contributed by atoms with E-state index in [-0.39, 0.29) is 6.61 Å². The molecule has 0 bridgehead atoms. The van der Waals surface area contributed by atoms with Crippen LogP contribution in [0, 0.1) is 5.92 Å². The molecule has 9 unspecified atom stereocenters. The van der Waals surface area contributed by atoms with Crippen molar-refractivity contribution in [3.8, 4) is 0 Å². The molecule has 2 fully saturated rings. The lowest BCUT2D eigenvalue weighted by Gasteiger charge is -2.45. The first-order valence-electron chi connectivity index (χ1n) is 7.80. The molecule has 0 radical (unpaired) electrons. The van der Waals surface area contributed by atoms with Gasteiger partial charge in [0, 0.05) is 13.0 Å². The van der Waals surface area contributed by atoms with E-state index in [1.165, 1.54) is 13.2 Å². The SMILES string of the molecule is C=C[C@H]1OC(OC)C(O)C(O)C1OC1OC(CO)C(C)C(O)C1O. The number of hydrogen-bond acceptors (Lipinski definition) is 9. The molecule has 0 aromatic rings. The monoisotopic (exact) mass is 350 g/mol. The Morgan fingerprint density at radius 3 is 2.17 bits per heavy atom. The van der Waals surface area contributed by atoms with Crippen LogP contribution in [0.4, 0.5) is 0 Å². The minimum atomic E-state index is -1.40. The molecule has 9 heteroatoms. The van der Waals surface area contributed by atoms with E-state index in [2.05, 4.69) is 6.58 Å². The minimum Gasteiger partial charge on any atom is -0.394 e. The molecule has 24 heavy (non-hydrogen) atoms. The topological polar surface area (TPSA) is 138 Å². The van der Waals surface area contributed by atoms with Gasteiger partial charge in [0.1, 0.15) is 30.5 Å². The number of methoxy groups -OCH3 is 1. The van der Waals surface area contributed by atoms with Crippen LogP contribution in [-0.4, -0.2) is 94.6 Å². The van der Waals surface area contributed by atoms with E-state index in [0.29, 0.717) is 0 Å². The van der Waals surface area contributed by atoms with Crippen molar-refractivity contribution in [2.45, 2.75) is 62.2 Å². The van der Waals surface area contributed by atoms with Crippen molar-refractivity contribution in [3.63, 3.8) is 0 Å². The normalized spacial score (nSPS) is 49.8. The lowest BCUT2D eigenvalue weighted by Crippen LogP contribution is -2.62. The van der Waals surface area contributed by atoms with Gasteiger partial charge in [-0.05, 0) is 0 Å². The van der Waals surface area contributed by atoms with Gasteiger partial charge >= 0.3 is 0 Å². The molecule has 0 spiro atoms. The number of aliphatic hydroxyl groups excluding tert-OH is 5. The van der Waals surface area contributed by atoms with E-state index >= 15 is 0 Å². The zero-order chi connectivity index (χ0) is 18.0. The Morgan fingerprint density at radius 1 is 1.00 bits per heavy atom. The predicted molar refractivity (Wildman–Crippen MR) is 79.7 cm³/mol. The van der Waals surface area contributed by atoms with Crippen LogP contribution in [0.2, 0.25) is 0 Å². The lowest BCUT2D eigenvalue weighted by atomic mass is 9.91. The van der Waals surface area contributed by atoms with Gasteiger partial charge in [-0.2, -0.15) is 0 Å². The second-order valence-corrected chi connectivity index (χ2v) is 6.09. The summed E-state index contributed by atoms with van der Waals surface area (Å²) in [6.07, 6.45) is -9.05. The van der Waals surface area contributed by atoms with Crippen LogP contribution in [-0.2, 0) is 18.9 Å². The van der Waals surface area contributed by atoms with Crippen molar-refractivity contribution in [2.24, 2.45) is 5.92 Å². The van der Waals surface area contributed by atoms with Gasteiger partial charge in [-0.3, -0.25) is 0 Å². The highest BCUT2D eigenvalue weighted by molar-refractivity contribution is 4.99. The Bertz CT molecular complexity index is 418. The maximum atomic E-state index is 10.3. The molecular weight excluding hydrogens is 324 g/mol. The Morgan fingerprint density at radius 2 is 1.62 bits per heavy atom. The third-order valence-electron chi connectivity index (χ3n) is 4.58. The average molecular weight is 350 g/mol. The van der Waals surface area contributed by atoms with Gasteiger partial charge in [0.25, 0.3) is 0 Å². The molecule has 10 atom stereocenters. The van der Waals surface area contributed by atoms with Crippen molar-refractivity contribution in [2.75, 3.05) is 13.7 Å². The van der Waals surface area contributed by atoms with Crippen LogP contribution >= 0.6 is 0 Å². The highest BCUT2D eigenvalue weighted by Crippen LogP contribution is 2.31. The van der Waals surface area contributed by atoms with Gasteiger partial charge in [0.15, 0.2) is 12.6 Å². The molecule has 2 rings (SSSR count). The van der Waals surface area contributed by atoms with Gasteiger partial charge in [0.2, 0.25) is 0 Å². The second-order valence-electron chi connectivity index (χ2n) is 6.09. The zero-order valence-electron chi connectivity index (χ0n) is 13.6. The molecule has 0 aromatic heterocycles. The van der Waals surface area contributed by atoms with Crippen LogP contribution in [0.1, 0.15) is 6.92 Å². The van der Waals surface area contributed by atoms with Gasteiger partial charge in [0.05, 0.1) is 18.8 Å². The van der Waals surface area contributed by atoms with Crippen LogP contribution in [0.15, 0.2) is 12.7 Å². The van der Waals surface area contributed by atoms with Gasteiger partial charge in [-0.15, -0.1) is 6.58 Å². The van der Waals surface area contributed by atoms with Crippen molar-refractivity contribution >= 4 is 0 Å². The molecule has 9 nitrogen and oxygen atoms in total. The fraction of sp³-hybridized carbons (Fsp3) is 0.867. The van der Waals surface area contributed by atoms with E-state index in [9.17, 15) is 25.5 Å². The molecule has 2 aliphatic rings. The highest BCUT2D eigenvalue weighted by Gasteiger charge is 2.49. The number of aliphatic hydroxyl groups is 5. The third kappa shape index (κ3) is 3.64. The van der Waals surface area contributed by atoms with Gasteiger partial charge in [-0.25, -0.2) is 0 Å². The fourth-order valence-corrected chi connectivity index (χ4v) is 2.95. The van der Waals surface area contributed by atoms with Crippen molar-refractivity contribution < 1.29 is 44.5 Å². The first kappa shape index (κ1) is 19.7. The van der Waals surface area contributed by atoms with E-state index in [4.69, 9.17) is 18.9 Å². The summed E-state index contributed by atoms with van der Waals surface area (Å²) >= 11 is 0. The zero-order valence-corrected chi connectivity index (χ0v) is 13.6. The van der Waals surface area contributed by atoms with E-state index in [0.717, 1.165) is 0 Å². The van der Waals surface area contributed by atoms with Crippen LogP contribution in [0.25, 0.3) is 0 Å². The standard InChI is InChI=1S/C15H26O9/c1-4-7-13(10(18)12(20)14(21-3)22-7)24-15-11(19)9(17)6(2)8(5-16)23-15/h4,6-20H,1,5H2,2-3H3/t6?,7-,8?,9?,10?,11?,12?,13?,14?,15?/m1/s1. The molecule has 0 aliphatic carbocycles. The average Bonchev–Trinajstić information content (AvgIpc) is 2.59. The quantitative estimate of drug-likeness (QED) is 0.347. The summed E-state index contributed by atoms with van der Waals surface area (Å²) in [6, 6.07) is 0. The smallest absolute Gasteiger partial charge is 0.187 e. The molecule has 0 saturated carbocycles. The summed E-state index contributed by atoms with van der Waals surface area (Å²) in [5, 5.41) is 49.8. The van der Waals surface area contributed by atoms with Crippen LogP contribution < -0.4 is 0 Å². The largest absolute Gasteiger partial charge is 0.394 e. The van der Waals surface area contributed by atoms with E-state index in [1.807, 2.05) is 0 Å². The minimum absolute atomic E-state index is 0.367. The van der Waals surface area contributed by atoms with Crippen molar-refractivity contribution in [3.05, 3.63) is 12.7 Å². The number of rotatable bonds is 5. The predicted octanol–water partition coefficient (Wildman–Crippen LogP) is -2.27. The molecule has 140 valence electrons. The van der Waals surface area contributed by atoms with Gasteiger partial charge < -0.3 is 44.5 Å². The maximum Gasteiger partial charge on any atom is 0.187 e. The maximum absolute atomic E-state index is 10.3. The second kappa shape index (κ2) is 8.17. The van der Waals surface area contributed by atoms with Crippen LogP contribution in [0.5, 0.6) is 0 Å². The summed E-state index contributed by atoms with van der Waals surface area (Å²) in [5.41, 5.74) is 0. The summed E-state index contributed by atoms with van der Waals surface area (Å²) in [6.45, 7) is 4.85. The molecule has 2 aliphatic heterocycles. The van der Waals surface area contributed by atoms with Gasteiger partial charge in [-0.1, -0.05) is 13.0 Å². The molecule has 2 saturated heterocycles. The van der Waals surface area contributed by atoms with Crippen LogP contribution in [0.3, 0.4) is 0 Å². The Labute approximate surface area is 140 Å². The molecular formula is C15H26O9. The van der Waals surface area contributed by atoms with E-state index in [1.54, 1.807) is 6.92 Å². The highest BCUT2D eigenvalue weighted by atomic mass is 16.7. The van der Waals surface area contributed by atoms with E-state index < -0.39 is 61.2 Å². The van der Waals surface area contributed by atoms with Crippen molar-refractivity contribution in [1.29, 1.82) is 0 Å². The molecule has 2 heterocycles. The Hall–Kier alpha value is -0.620. The summed E-state index contributed by atoms with van der Waals surface area (Å²) in [5.74, 6) is -0.504. The molecule has 0 aromatic carbocycles. The first-order valence-corrected chi connectivity index (χ1v) is 7.80. The summed E-state index contributed by atoms with van der Waals surface area (Å²) in [4.78, 5) is 0. The third-order valence-corrected chi connectivity index (χ3v) is 4.58. The Kier molecular flexibility index (Phi) is 6.71. The summed E-state index contributed by atoms with van der Waals surface area (Å²) < 4.78 is 21.4. The molecule has 5 N–H and O–H groups in total. The first-order chi connectivity index (χ1) is 11.3. The summed E-state index contributed by atoms with van der Waals surface area (Å²) in [7, 11) is 1.32. The lowest BCUT2D eigenvalue weighted by molar-refractivity contribution is -0.345.